The van der Waals surface area contributed by atoms with Crippen molar-refractivity contribution in [2.45, 2.75) is 6.92 Å². The van der Waals surface area contributed by atoms with E-state index in [2.05, 4.69) is 20.9 Å². The van der Waals surface area contributed by atoms with Crippen molar-refractivity contribution >= 4 is 27.7 Å². The lowest BCUT2D eigenvalue weighted by molar-refractivity contribution is 0.0697. The summed E-state index contributed by atoms with van der Waals surface area (Å²) >= 11 is 3.18. The number of carboxylic acid groups (broad SMARTS) is 1. The molecule has 0 atom stereocenters. The van der Waals surface area contributed by atoms with Gasteiger partial charge in [0.25, 0.3) is 0 Å². The number of halogens is 1. The van der Waals surface area contributed by atoms with Crippen molar-refractivity contribution in [2.75, 3.05) is 24.6 Å². The van der Waals surface area contributed by atoms with Crippen molar-refractivity contribution in [1.82, 2.24) is 4.98 Å². The van der Waals surface area contributed by atoms with Gasteiger partial charge in [-0.25, -0.2) is 9.78 Å². The standard InChI is InChI=1S/C10H13BrN2O3/c1-2-13(3-4-14)9-8(10(15)16)5-7(11)6-12-9/h5-6,14H,2-4H2,1H3,(H,15,16). The number of likely N-dealkylation sites (N-methyl/N-ethyl adjacent to an activating group) is 1. The van der Waals surface area contributed by atoms with Crippen LogP contribution in [-0.2, 0) is 0 Å². The van der Waals surface area contributed by atoms with Crippen LogP contribution < -0.4 is 4.90 Å². The molecule has 0 amide bonds. The Morgan fingerprint density at radius 2 is 2.31 bits per heavy atom. The fraction of sp³-hybridized carbons (Fsp3) is 0.400. The maximum atomic E-state index is 11.0. The Bertz CT molecular complexity index is 384. The predicted octanol–water partition coefficient (Wildman–Crippen LogP) is 1.36. The number of anilines is 1. The van der Waals surface area contributed by atoms with E-state index in [1.54, 1.807) is 11.1 Å². The molecule has 1 rings (SSSR count). The quantitative estimate of drug-likeness (QED) is 0.856. The van der Waals surface area contributed by atoms with Gasteiger partial charge in [-0.15, -0.1) is 0 Å². The molecule has 0 saturated heterocycles. The third-order valence-corrected chi connectivity index (χ3v) is 2.55. The molecule has 6 heteroatoms. The zero-order valence-electron chi connectivity index (χ0n) is 8.85. The number of hydrogen-bond acceptors (Lipinski definition) is 4. The smallest absolute Gasteiger partial charge is 0.339 e. The summed E-state index contributed by atoms with van der Waals surface area (Å²) in [4.78, 5) is 16.8. The molecular formula is C10H13BrN2O3. The van der Waals surface area contributed by atoms with Crippen molar-refractivity contribution in [3.8, 4) is 0 Å². The van der Waals surface area contributed by atoms with E-state index >= 15 is 0 Å². The molecule has 1 heterocycles. The molecule has 5 nitrogen and oxygen atoms in total. The van der Waals surface area contributed by atoms with E-state index in [1.165, 1.54) is 6.07 Å². The summed E-state index contributed by atoms with van der Waals surface area (Å²) in [5.74, 6) is -0.646. The van der Waals surface area contributed by atoms with Crippen molar-refractivity contribution in [1.29, 1.82) is 0 Å². The van der Waals surface area contributed by atoms with E-state index in [0.29, 0.717) is 23.4 Å². The van der Waals surface area contributed by atoms with Gasteiger partial charge in [0.1, 0.15) is 11.4 Å². The van der Waals surface area contributed by atoms with Gasteiger partial charge in [0, 0.05) is 23.8 Å². The van der Waals surface area contributed by atoms with Crippen LogP contribution in [0.4, 0.5) is 5.82 Å². The highest BCUT2D eigenvalue weighted by Crippen LogP contribution is 2.21. The number of aliphatic hydroxyl groups is 1. The van der Waals surface area contributed by atoms with E-state index in [9.17, 15) is 4.79 Å². The number of carbonyl (C=O) groups is 1. The Labute approximate surface area is 102 Å². The number of aromatic carboxylic acids is 1. The fourth-order valence-corrected chi connectivity index (χ4v) is 1.71. The van der Waals surface area contributed by atoms with E-state index in [4.69, 9.17) is 10.2 Å². The van der Waals surface area contributed by atoms with Gasteiger partial charge >= 0.3 is 5.97 Å². The van der Waals surface area contributed by atoms with Crippen LogP contribution in [0.2, 0.25) is 0 Å². The van der Waals surface area contributed by atoms with Crippen LogP contribution in [0.1, 0.15) is 17.3 Å². The van der Waals surface area contributed by atoms with E-state index < -0.39 is 5.97 Å². The van der Waals surface area contributed by atoms with Gasteiger partial charge in [-0.1, -0.05) is 0 Å². The first-order valence-electron chi connectivity index (χ1n) is 4.84. The number of aliphatic hydroxyl groups excluding tert-OH is 1. The molecule has 88 valence electrons. The molecular weight excluding hydrogens is 276 g/mol. The maximum Gasteiger partial charge on any atom is 0.339 e. The SMILES string of the molecule is CCN(CCO)c1ncc(Br)cc1C(=O)O. The maximum absolute atomic E-state index is 11.0. The number of pyridine rings is 1. The van der Waals surface area contributed by atoms with E-state index in [-0.39, 0.29) is 12.2 Å². The zero-order valence-corrected chi connectivity index (χ0v) is 10.4. The Kier molecular flexibility index (Phi) is 4.70. The Hall–Kier alpha value is -1.14. The van der Waals surface area contributed by atoms with Crippen LogP contribution in [0, 0.1) is 0 Å². The number of carboxylic acids is 1. The second kappa shape index (κ2) is 5.81. The van der Waals surface area contributed by atoms with Gasteiger partial charge in [-0.05, 0) is 28.9 Å². The molecule has 0 aliphatic rings. The Morgan fingerprint density at radius 3 is 2.81 bits per heavy atom. The lowest BCUT2D eigenvalue weighted by atomic mass is 10.2. The van der Waals surface area contributed by atoms with E-state index in [0.717, 1.165) is 0 Å². The summed E-state index contributed by atoms with van der Waals surface area (Å²) in [6.07, 6.45) is 1.54. The van der Waals surface area contributed by atoms with Crippen molar-refractivity contribution < 1.29 is 15.0 Å². The van der Waals surface area contributed by atoms with Gasteiger partial charge in [-0.3, -0.25) is 0 Å². The summed E-state index contributed by atoms with van der Waals surface area (Å²) in [7, 11) is 0. The monoisotopic (exact) mass is 288 g/mol. The minimum absolute atomic E-state index is 0.0371. The second-order valence-corrected chi connectivity index (χ2v) is 4.05. The highest BCUT2D eigenvalue weighted by molar-refractivity contribution is 9.10. The van der Waals surface area contributed by atoms with Crippen LogP contribution in [0.15, 0.2) is 16.7 Å². The van der Waals surface area contributed by atoms with Gasteiger partial charge in [0.2, 0.25) is 0 Å². The summed E-state index contributed by atoms with van der Waals surface area (Å²) in [6.45, 7) is 2.80. The molecule has 0 unspecified atom stereocenters. The summed E-state index contributed by atoms with van der Waals surface area (Å²) < 4.78 is 0.619. The van der Waals surface area contributed by atoms with Gasteiger partial charge in [0.15, 0.2) is 0 Å². The minimum atomic E-state index is -1.03. The van der Waals surface area contributed by atoms with Crippen LogP contribution in [0.25, 0.3) is 0 Å². The largest absolute Gasteiger partial charge is 0.478 e. The molecule has 0 bridgehead atoms. The summed E-state index contributed by atoms with van der Waals surface area (Å²) in [6, 6.07) is 1.50. The Balaban J connectivity index is 3.14. The molecule has 0 aromatic carbocycles. The summed E-state index contributed by atoms with van der Waals surface area (Å²) in [5, 5.41) is 17.9. The first-order valence-corrected chi connectivity index (χ1v) is 5.64. The first kappa shape index (κ1) is 12.9. The molecule has 0 aliphatic heterocycles. The average Bonchev–Trinajstić information content (AvgIpc) is 2.26. The average molecular weight is 289 g/mol. The topological polar surface area (TPSA) is 73.7 Å². The third-order valence-electron chi connectivity index (χ3n) is 2.11. The molecule has 0 radical (unpaired) electrons. The number of nitrogens with zero attached hydrogens (tertiary/aromatic N) is 2. The molecule has 0 spiro atoms. The van der Waals surface area contributed by atoms with Gasteiger partial charge in [-0.2, -0.15) is 0 Å². The van der Waals surface area contributed by atoms with Crippen LogP contribution >= 0.6 is 15.9 Å². The predicted molar refractivity (Wildman–Crippen MR) is 63.9 cm³/mol. The lowest BCUT2D eigenvalue weighted by Gasteiger charge is -2.22. The highest BCUT2D eigenvalue weighted by Gasteiger charge is 2.16. The summed E-state index contributed by atoms with van der Waals surface area (Å²) in [5.41, 5.74) is 0.129. The van der Waals surface area contributed by atoms with Gasteiger partial charge < -0.3 is 15.1 Å². The fourth-order valence-electron chi connectivity index (χ4n) is 1.38. The molecule has 0 saturated carbocycles. The van der Waals surface area contributed by atoms with Crippen LogP contribution in [0.5, 0.6) is 0 Å². The normalized spacial score (nSPS) is 10.2. The molecule has 0 fully saturated rings. The number of hydrogen-bond donors (Lipinski definition) is 2. The minimum Gasteiger partial charge on any atom is -0.478 e. The molecule has 1 aromatic heterocycles. The molecule has 1 aromatic rings. The van der Waals surface area contributed by atoms with Crippen molar-refractivity contribution in [3.63, 3.8) is 0 Å². The molecule has 0 aliphatic carbocycles. The van der Waals surface area contributed by atoms with E-state index in [1.807, 2.05) is 6.92 Å². The zero-order chi connectivity index (χ0) is 12.1. The Morgan fingerprint density at radius 1 is 1.62 bits per heavy atom. The van der Waals surface area contributed by atoms with Crippen molar-refractivity contribution in [2.24, 2.45) is 0 Å². The third kappa shape index (κ3) is 2.93. The molecule has 16 heavy (non-hydrogen) atoms. The second-order valence-electron chi connectivity index (χ2n) is 3.13. The first-order chi connectivity index (χ1) is 7.60. The molecule has 2 N–H and O–H groups in total. The number of rotatable bonds is 5. The number of aromatic nitrogens is 1. The highest BCUT2D eigenvalue weighted by atomic mass is 79.9. The van der Waals surface area contributed by atoms with Crippen molar-refractivity contribution in [3.05, 3.63) is 22.3 Å². The van der Waals surface area contributed by atoms with Crippen LogP contribution in [0.3, 0.4) is 0 Å². The lowest BCUT2D eigenvalue weighted by Crippen LogP contribution is -2.28. The van der Waals surface area contributed by atoms with Crippen LogP contribution in [-0.4, -0.2) is 40.9 Å². The van der Waals surface area contributed by atoms with Gasteiger partial charge in [0.05, 0.1) is 6.61 Å².